The van der Waals surface area contributed by atoms with Crippen molar-refractivity contribution in [1.82, 2.24) is 34.0 Å². The van der Waals surface area contributed by atoms with Gasteiger partial charge in [-0.1, -0.05) is 5.21 Å². The second-order valence-electron chi connectivity index (χ2n) is 8.56. The van der Waals surface area contributed by atoms with Crippen LogP contribution < -0.4 is 0 Å². The lowest BCUT2D eigenvalue weighted by Crippen LogP contribution is -2.52. The van der Waals surface area contributed by atoms with Crippen LogP contribution in [0.15, 0.2) is 6.20 Å². The molecule has 0 N–H and O–H groups in total. The number of sulfonamides is 1. The molecule has 0 radical (unpaired) electrons. The third-order valence-corrected chi connectivity index (χ3v) is 7.79. The summed E-state index contributed by atoms with van der Waals surface area (Å²) in [5.41, 5.74) is 0.621. The van der Waals surface area contributed by atoms with E-state index in [1.807, 2.05) is 0 Å². The van der Waals surface area contributed by atoms with Crippen LogP contribution in [0.5, 0.6) is 0 Å². The molecule has 0 spiro atoms. The average Bonchev–Trinajstić information content (AvgIpc) is 3.30. The summed E-state index contributed by atoms with van der Waals surface area (Å²) >= 11 is 0. The maximum Gasteiger partial charge on any atom is 0.305 e. The van der Waals surface area contributed by atoms with Gasteiger partial charge in [0.1, 0.15) is 0 Å². The molecule has 31 heavy (non-hydrogen) atoms. The van der Waals surface area contributed by atoms with Crippen LogP contribution in [-0.4, -0.2) is 127 Å². The van der Waals surface area contributed by atoms with Crippen LogP contribution in [0.4, 0.5) is 0 Å². The molecule has 0 aromatic carbocycles. The second-order valence-corrected chi connectivity index (χ2v) is 10.6. The fourth-order valence-corrected chi connectivity index (χ4v) is 5.76. The van der Waals surface area contributed by atoms with Crippen molar-refractivity contribution in [1.29, 1.82) is 0 Å². The van der Waals surface area contributed by atoms with Crippen molar-refractivity contribution in [2.24, 2.45) is 0 Å². The van der Waals surface area contributed by atoms with E-state index in [1.54, 1.807) is 10.9 Å². The summed E-state index contributed by atoms with van der Waals surface area (Å²) in [6, 6.07) is 0.0242. The van der Waals surface area contributed by atoms with E-state index >= 15 is 0 Å². The highest BCUT2D eigenvalue weighted by Gasteiger charge is 2.40. The van der Waals surface area contributed by atoms with E-state index in [9.17, 15) is 13.2 Å². The number of aromatic nitrogens is 3. The second kappa shape index (κ2) is 10.8. The predicted octanol–water partition coefficient (Wildman–Crippen LogP) is -1.08. The molecule has 2 fully saturated rings. The SMILES string of the molecule is COC(=O)CCCn1cc(CN2CC(N3CCN(CCN(C)C)CC3)CS2(=O)=O)nn1. The van der Waals surface area contributed by atoms with E-state index in [2.05, 4.69) is 43.8 Å². The lowest BCUT2D eigenvalue weighted by molar-refractivity contribution is -0.140. The average molecular weight is 458 g/mol. The molecule has 0 amide bonds. The van der Waals surface area contributed by atoms with Gasteiger partial charge in [-0.05, 0) is 20.5 Å². The third-order valence-electron chi connectivity index (χ3n) is 5.92. The van der Waals surface area contributed by atoms with Gasteiger partial charge in [-0.25, -0.2) is 8.42 Å². The third kappa shape index (κ3) is 6.94. The molecule has 1 aromatic rings. The minimum Gasteiger partial charge on any atom is -0.469 e. The number of methoxy groups -OCH3 is 1. The van der Waals surface area contributed by atoms with Crippen molar-refractivity contribution >= 4 is 16.0 Å². The number of nitrogens with zero attached hydrogens (tertiary/aromatic N) is 7. The number of piperazine rings is 1. The van der Waals surface area contributed by atoms with Gasteiger partial charge < -0.3 is 9.64 Å². The molecular formula is C19H35N7O4S. The van der Waals surface area contributed by atoms with Crippen molar-refractivity contribution in [2.45, 2.75) is 32.0 Å². The van der Waals surface area contributed by atoms with Crippen molar-refractivity contribution < 1.29 is 17.9 Å². The Balaban J connectivity index is 1.47. The van der Waals surface area contributed by atoms with Gasteiger partial charge in [-0.3, -0.25) is 19.3 Å². The standard InChI is InChI=1S/C19H35N7O4S/c1-22(2)7-8-23-9-11-24(12-10-23)18-15-26(31(28,29)16-18)14-17-13-25(21-20-17)6-4-5-19(27)30-3/h13,18H,4-12,14-16H2,1-3H3. The number of aryl methyl sites for hydroxylation is 1. The molecule has 3 heterocycles. The molecule has 2 aliphatic heterocycles. The minimum absolute atomic E-state index is 0.0242. The van der Waals surface area contributed by atoms with Gasteiger partial charge in [0.25, 0.3) is 0 Å². The molecule has 12 heteroatoms. The normalized spacial score (nSPS) is 22.9. The summed E-state index contributed by atoms with van der Waals surface area (Å²) in [5, 5.41) is 8.16. The molecule has 0 bridgehead atoms. The fraction of sp³-hybridized carbons (Fsp3) is 0.842. The molecule has 0 saturated carbocycles. The summed E-state index contributed by atoms with van der Waals surface area (Å²) in [6.45, 7) is 7.11. The highest BCUT2D eigenvalue weighted by molar-refractivity contribution is 7.89. The van der Waals surface area contributed by atoms with Gasteiger partial charge >= 0.3 is 5.97 Å². The van der Waals surface area contributed by atoms with E-state index in [-0.39, 0.29) is 24.3 Å². The first-order chi connectivity index (χ1) is 14.8. The molecule has 3 rings (SSSR count). The van der Waals surface area contributed by atoms with Gasteiger partial charge in [0.15, 0.2) is 0 Å². The predicted molar refractivity (Wildman–Crippen MR) is 116 cm³/mol. The van der Waals surface area contributed by atoms with Crippen LogP contribution >= 0.6 is 0 Å². The maximum absolute atomic E-state index is 12.7. The van der Waals surface area contributed by atoms with E-state index in [1.165, 1.54) is 11.4 Å². The number of likely N-dealkylation sites (N-methyl/N-ethyl adjacent to an activating group) is 1. The lowest BCUT2D eigenvalue weighted by atomic mass is 10.2. The van der Waals surface area contributed by atoms with Crippen molar-refractivity contribution in [3.8, 4) is 0 Å². The maximum atomic E-state index is 12.7. The van der Waals surface area contributed by atoms with Crippen LogP contribution in [0, 0.1) is 0 Å². The van der Waals surface area contributed by atoms with Gasteiger partial charge in [0.2, 0.25) is 10.0 Å². The van der Waals surface area contributed by atoms with E-state index in [0.717, 1.165) is 39.3 Å². The zero-order valence-electron chi connectivity index (χ0n) is 18.8. The Kier molecular flexibility index (Phi) is 8.39. The first kappa shape index (κ1) is 24.1. The smallest absolute Gasteiger partial charge is 0.305 e. The van der Waals surface area contributed by atoms with Gasteiger partial charge in [-0.15, -0.1) is 5.10 Å². The summed E-state index contributed by atoms with van der Waals surface area (Å²) in [6.07, 6.45) is 2.67. The van der Waals surface area contributed by atoms with Crippen LogP contribution in [-0.2, 0) is 32.6 Å². The Hall–Kier alpha value is -1.60. The van der Waals surface area contributed by atoms with E-state index in [0.29, 0.717) is 31.6 Å². The topological polar surface area (TPSA) is 104 Å². The monoisotopic (exact) mass is 457 g/mol. The molecule has 2 saturated heterocycles. The van der Waals surface area contributed by atoms with Gasteiger partial charge in [0.05, 0.1) is 25.1 Å². The van der Waals surface area contributed by atoms with Gasteiger partial charge in [-0.2, -0.15) is 4.31 Å². The van der Waals surface area contributed by atoms with E-state index in [4.69, 9.17) is 0 Å². The zero-order valence-corrected chi connectivity index (χ0v) is 19.6. The molecule has 11 nitrogen and oxygen atoms in total. The Bertz CT molecular complexity index is 821. The Morgan fingerprint density at radius 3 is 2.65 bits per heavy atom. The van der Waals surface area contributed by atoms with Gasteiger partial charge in [0, 0.05) is 71.0 Å². The first-order valence-corrected chi connectivity index (χ1v) is 12.4. The molecule has 0 aliphatic carbocycles. The summed E-state index contributed by atoms with van der Waals surface area (Å²) in [7, 11) is 2.21. The quantitative estimate of drug-likeness (QED) is 0.406. The summed E-state index contributed by atoms with van der Waals surface area (Å²) < 4.78 is 33.2. The summed E-state index contributed by atoms with van der Waals surface area (Å²) in [4.78, 5) is 18.1. The van der Waals surface area contributed by atoms with E-state index < -0.39 is 10.0 Å². The number of hydrogen-bond acceptors (Lipinski definition) is 9. The Morgan fingerprint density at radius 1 is 1.23 bits per heavy atom. The number of esters is 1. The van der Waals surface area contributed by atoms with Crippen LogP contribution in [0.25, 0.3) is 0 Å². The highest BCUT2D eigenvalue weighted by Crippen LogP contribution is 2.22. The largest absolute Gasteiger partial charge is 0.469 e. The zero-order chi connectivity index (χ0) is 22.4. The van der Waals surface area contributed by atoms with Crippen LogP contribution in [0.1, 0.15) is 18.5 Å². The van der Waals surface area contributed by atoms with Crippen molar-refractivity contribution in [2.75, 3.05) is 72.8 Å². The molecule has 176 valence electrons. The Labute approximate surface area is 184 Å². The molecular weight excluding hydrogens is 422 g/mol. The summed E-state index contributed by atoms with van der Waals surface area (Å²) in [5.74, 6) is -0.0918. The number of carbonyl (C=O) groups is 1. The number of ether oxygens (including phenoxy) is 1. The molecule has 1 atom stereocenters. The fourth-order valence-electron chi connectivity index (χ4n) is 4.02. The molecule has 1 unspecified atom stereocenters. The van der Waals surface area contributed by atoms with Crippen LogP contribution in [0.2, 0.25) is 0 Å². The highest BCUT2D eigenvalue weighted by atomic mass is 32.2. The minimum atomic E-state index is -3.31. The Morgan fingerprint density at radius 2 is 1.97 bits per heavy atom. The number of rotatable bonds is 10. The lowest BCUT2D eigenvalue weighted by Gasteiger charge is -2.37. The van der Waals surface area contributed by atoms with Crippen LogP contribution in [0.3, 0.4) is 0 Å². The van der Waals surface area contributed by atoms with Crippen molar-refractivity contribution in [3.05, 3.63) is 11.9 Å². The molecule has 2 aliphatic rings. The number of hydrogen-bond donors (Lipinski definition) is 0. The molecule has 1 aromatic heterocycles. The number of carbonyl (C=O) groups excluding carboxylic acids is 1. The first-order valence-electron chi connectivity index (χ1n) is 10.8. The van der Waals surface area contributed by atoms with Crippen molar-refractivity contribution in [3.63, 3.8) is 0 Å².